The Kier molecular flexibility index (Phi) is 1.77. The Balaban J connectivity index is 2.90. The molecule has 0 fully saturated rings. The highest BCUT2D eigenvalue weighted by atomic mass is 16.5. The Morgan fingerprint density at radius 2 is 2.29 bits per heavy atom. The predicted octanol–water partition coefficient (Wildman–Crippen LogP) is -0.616. The minimum absolute atomic E-state index is 0.455. The highest BCUT2D eigenvalue weighted by Gasteiger charge is 2.20. The molecule has 74 valence electrons. The van der Waals surface area contributed by atoms with Gasteiger partial charge in [0.1, 0.15) is 0 Å². The summed E-state index contributed by atoms with van der Waals surface area (Å²) in [5.74, 6) is 0.455. The average Bonchev–Trinajstić information content (AvgIpc) is 2.51. The standard InChI is InChI=1S/C8H11N5O/c1-12-4-10-6(9)5-7(12)11-8(14-3)13(5)2/h4,9H,1-3H3/p+1. The number of ether oxygens (including phenoxy) is 1. The van der Waals surface area contributed by atoms with Crippen LogP contribution < -0.4 is 15.0 Å². The molecule has 0 radical (unpaired) electrons. The van der Waals surface area contributed by atoms with E-state index in [0.717, 1.165) is 11.2 Å². The second-order valence-corrected chi connectivity index (χ2v) is 3.07. The normalized spacial score (nSPS) is 10.8. The van der Waals surface area contributed by atoms with E-state index in [1.54, 1.807) is 22.6 Å². The van der Waals surface area contributed by atoms with Gasteiger partial charge in [0.2, 0.25) is 12.1 Å². The predicted molar refractivity (Wildman–Crippen MR) is 50.6 cm³/mol. The molecule has 0 aliphatic carbocycles. The molecular formula is C8H12N5O+. The number of imidazole rings is 1. The summed E-state index contributed by atoms with van der Waals surface area (Å²) in [6.07, 6.45) is 1.63. The van der Waals surface area contributed by atoms with E-state index in [9.17, 15) is 0 Å². The summed E-state index contributed by atoms with van der Waals surface area (Å²) in [5, 5.41) is 0. The molecule has 14 heavy (non-hydrogen) atoms. The first-order valence-electron chi connectivity index (χ1n) is 4.15. The van der Waals surface area contributed by atoms with Gasteiger partial charge in [-0.2, -0.15) is 0 Å². The molecule has 6 nitrogen and oxygen atoms in total. The van der Waals surface area contributed by atoms with E-state index >= 15 is 0 Å². The number of anilines is 1. The molecule has 0 atom stereocenters. The van der Waals surface area contributed by atoms with Crippen LogP contribution in [0.25, 0.3) is 11.2 Å². The second-order valence-electron chi connectivity index (χ2n) is 3.07. The average molecular weight is 194 g/mol. The highest BCUT2D eigenvalue weighted by molar-refractivity contribution is 5.80. The SMILES string of the molecule is COc1nc2c(c(N)nc[n+]2C)n1C. The Hall–Kier alpha value is -1.85. The number of nitrogen functional groups attached to an aromatic ring is 1. The van der Waals surface area contributed by atoms with Gasteiger partial charge in [-0.1, -0.05) is 4.98 Å². The maximum Gasteiger partial charge on any atom is 0.375 e. The maximum atomic E-state index is 5.75. The monoisotopic (exact) mass is 194 g/mol. The van der Waals surface area contributed by atoms with E-state index in [-0.39, 0.29) is 0 Å². The lowest BCUT2D eigenvalue weighted by atomic mass is 10.5. The Labute approximate surface area is 80.9 Å². The highest BCUT2D eigenvalue weighted by Crippen LogP contribution is 2.19. The number of aryl methyl sites for hydroxylation is 2. The molecule has 2 heterocycles. The lowest BCUT2D eigenvalue weighted by Crippen LogP contribution is -2.30. The van der Waals surface area contributed by atoms with Gasteiger partial charge in [0.15, 0.2) is 5.52 Å². The Morgan fingerprint density at radius 3 is 2.86 bits per heavy atom. The maximum absolute atomic E-state index is 5.75. The van der Waals surface area contributed by atoms with Crippen molar-refractivity contribution in [1.29, 1.82) is 0 Å². The second kappa shape index (κ2) is 2.83. The van der Waals surface area contributed by atoms with Crippen LogP contribution in [0.1, 0.15) is 0 Å². The number of rotatable bonds is 1. The minimum Gasteiger partial charge on any atom is -0.456 e. The first-order valence-corrected chi connectivity index (χ1v) is 4.15. The molecule has 0 bridgehead atoms. The van der Waals surface area contributed by atoms with Crippen LogP contribution in [0.3, 0.4) is 0 Å². The number of hydrogen-bond donors (Lipinski definition) is 1. The summed E-state index contributed by atoms with van der Waals surface area (Å²) < 4.78 is 8.67. The van der Waals surface area contributed by atoms with Crippen molar-refractivity contribution in [2.24, 2.45) is 14.1 Å². The van der Waals surface area contributed by atoms with Crippen LogP contribution >= 0.6 is 0 Å². The summed E-state index contributed by atoms with van der Waals surface area (Å²) in [4.78, 5) is 8.31. The van der Waals surface area contributed by atoms with E-state index < -0.39 is 0 Å². The van der Waals surface area contributed by atoms with E-state index in [1.807, 2.05) is 14.1 Å². The number of fused-ring (bicyclic) bond motifs is 1. The number of methoxy groups -OCH3 is 1. The van der Waals surface area contributed by atoms with Crippen LogP contribution in [0.15, 0.2) is 6.33 Å². The molecule has 6 heteroatoms. The van der Waals surface area contributed by atoms with Crippen molar-refractivity contribution in [3.05, 3.63) is 6.33 Å². The molecule has 0 aliphatic rings. The summed E-state index contributed by atoms with van der Waals surface area (Å²) in [5.41, 5.74) is 7.30. The van der Waals surface area contributed by atoms with Crippen LogP contribution in [-0.4, -0.2) is 21.6 Å². The Bertz CT molecular complexity index is 490. The zero-order valence-electron chi connectivity index (χ0n) is 8.35. The fourth-order valence-corrected chi connectivity index (χ4v) is 1.44. The minimum atomic E-state index is 0.455. The van der Waals surface area contributed by atoms with Crippen molar-refractivity contribution in [2.75, 3.05) is 12.8 Å². The molecule has 0 unspecified atom stereocenters. The number of nitrogens with two attached hydrogens (primary N) is 1. The van der Waals surface area contributed by atoms with E-state index in [0.29, 0.717) is 11.8 Å². The van der Waals surface area contributed by atoms with Crippen molar-refractivity contribution in [1.82, 2.24) is 14.5 Å². The summed E-state index contributed by atoms with van der Waals surface area (Å²) in [6, 6.07) is 0.523. The lowest BCUT2D eigenvalue weighted by Gasteiger charge is -1.96. The summed E-state index contributed by atoms with van der Waals surface area (Å²) in [7, 11) is 5.28. The fraction of sp³-hybridized carbons (Fsp3) is 0.375. The topological polar surface area (TPSA) is 69.8 Å². The largest absolute Gasteiger partial charge is 0.456 e. The molecule has 2 rings (SSSR count). The zero-order valence-corrected chi connectivity index (χ0v) is 8.35. The third-order valence-corrected chi connectivity index (χ3v) is 2.16. The van der Waals surface area contributed by atoms with Crippen LogP contribution in [-0.2, 0) is 14.1 Å². The van der Waals surface area contributed by atoms with E-state index in [4.69, 9.17) is 10.5 Å². The van der Waals surface area contributed by atoms with Gasteiger partial charge in [0.25, 0.3) is 5.65 Å². The molecular weight excluding hydrogens is 182 g/mol. The van der Waals surface area contributed by atoms with Crippen molar-refractivity contribution in [3.8, 4) is 6.01 Å². The third-order valence-electron chi connectivity index (χ3n) is 2.16. The quantitative estimate of drug-likeness (QED) is 0.614. The molecule has 0 amide bonds. The van der Waals surface area contributed by atoms with Gasteiger partial charge >= 0.3 is 6.01 Å². The molecule has 0 aliphatic heterocycles. The van der Waals surface area contributed by atoms with Gasteiger partial charge in [0.05, 0.1) is 14.2 Å². The van der Waals surface area contributed by atoms with Crippen molar-refractivity contribution >= 4 is 17.0 Å². The number of nitrogens with zero attached hydrogens (tertiary/aromatic N) is 4. The van der Waals surface area contributed by atoms with Crippen LogP contribution in [0.2, 0.25) is 0 Å². The third kappa shape index (κ3) is 1.00. The van der Waals surface area contributed by atoms with E-state index in [2.05, 4.69) is 9.97 Å². The smallest absolute Gasteiger partial charge is 0.375 e. The van der Waals surface area contributed by atoms with E-state index in [1.165, 1.54) is 0 Å². The van der Waals surface area contributed by atoms with Gasteiger partial charge in [-0.15, -0.1) is 0 Å². The molecule has 0 saturated heterocycles. The number of aromatic nitrogens is 4. The van der Waals surface area contributed by atoms with Gasteiger partial charge in [0, 0.05) is 7.05 Å². The molecule has 2 aromatic rings. The van der Waals surface area contributed by atoms with Gasteiger partial charge in [-0.3, -0.25) is 4.57 Å². The fourth-order valence-electron chi connectivity index (χ4n) is 1.44. The number of hydrogen-bond acceptors (Lipinski definition) is 4. The van der Waals surface area contributed by atoms with Crippen molar-refractivity contribution < 1.29 is 9.30 Å². The van der Waals surface area contributed by atoms with Crippen LogP contribution in [0.4, 0.5) is 5.82 Å². The van der Waals surface area contributed by atoms with Crippen LogP contribution in [0.5, 0.6) is 6.01 Å². The molecule has 0 spiro atoms. The summed E-state index contributed by atoms with van der Waals surface area (Å²) in [6.45, 7) is 0. The van der Waals surface area contributed by atoms with Gasteiger partial charge in [-0.25, -0.2) is 4.57 Å². The first-order chi connectivity index (χ1) is 6.65. The first kappa shape index (κ1) is 8.74. The van der Waals surface area contributed by atoms with Gasteiger partial charge < -0.3 is 10.5 Å². The molecule has 2 N–H and O–H groups in total. The van der Waals surface area contributed by atoms with Crippen molar-refractivity contribution in [3.63, 3.8) is 0 Å². The Morgan fingerprint density at radius 1 is 1.57 bits per heavy atom. The molecule has 0 saturated carbocycles. The van der Waals surface area contributed by atoms with Crippen molar-refractivity contribution in [2.45, 2.75) is 0 Å². The lowest BCUT2D eigenvalue weighted by molar-refractivity contribution is -0.649. The van der Waals surface area contributed by atoms with Gasteiger partial charge in [-0.05, 0) is 4.98 Å². The summed E-state index contributed by atoms with van der Waals surface area (Å²) >= 11 is 0. The molecule has 2 aromatic heterocycles. The van der Waals surface area contributed by atoms with Crippen LogP contribution in [0, 0.1) is 0 Å². The zero-order chi connectivity index (χ0) is 10.3. The molecule has 0 aromatic carbocycles.